The van der Waals surface area contributed by atoms with E-state index in [1.807, 2.05) is 0 Å². The Labute approximate surface area is 147 Å². The average molecular weight is 373 g/mol. The molecule has 1 saturated heterocycles. The van der Waals surface area contributed by atoms with Gasteiger partial charge in [-0.05, 0) is 39.0 Å². The normalized spacial score (nSPS) is 18.8. The zero-order valence-corrected chi connectivity index (χ0v) is 15.4. The molecule has 1 aliphatic rings. The Hall–Kier alpha value is -1.55. The first-order chi connectivity index (χ1) is 11.6. The maximum absolute atomic E-state index is 14.0. The Bertz CT molecular complexity index is 725. The number of hydrogen-bond donors (Lipinski definition) is 3. The summed E-state index contributed by atoms with van der Waals surface area (Å²) in [5.41, 5.74) is -0.533. The maximum atomic E-state index is 14.0. The minimum absolute atomic E-state index is 0.0973. The molecule has 7 nitrogen and oxygen atoms in total. The minimum atomic E-state index is -4.04. The third-order valence-electron chi connectivity index (χ3n) is 3.38. The van der Waals surface area contributed by atoms with Crippen molar-refractivity contribution in [3.05, 3.63) is 24.0 Å². The second-order valence-electron chi connectivity index (χ2n) is 6.98. The summed E-state index contributed by atoms with van der Waals surface area (Å²) in [5, 5.41) is 5.75. The number of benzene rings is 1. The first-order valence-electron chi connectivity index (χ1n) is 8.01. The molecule has 1 aromatic carbocycles. The van der Waals surface area contributed by atoms with E-state index in [2.05, 4.69) is 15.4 Å². The van der Waals surface area contributed by atoms with Gasteiger partial charge in [0.25, 0.3) is 0 Å². The minimum Gasteiger partial charge on any atom is -0.378 e. The van der Waals surface area contributed by atoms with Crippen LogP contribution in [0.2, 0.25) is 0 Å². The summed E-state index contributed by atoms with van der Waals surface area (Å²) in [6, 6.07) is 3.37. The fourth-order valence-corrected chi connectivity index (χ4v) is 3.95. The van der Waals surface area contributed by atoms with E-state index in [0.29, 0.717) is 19.8 Å². The second kappa shape index (κ2) is 7.77. The van der Waals surface area contributed by atoms with Crippen LogP contribution in [0.25, 0.3) is 0 Å². The topological polar surface area (TPSA) is 96.5 Å². The van der Waals surface area contributed by atoms with Gasteiger partial charge >= 0.3 is 0 Å². The lowest BCUT2D eigenvalue weighted by atomic mass is 10.1. The molecular formula is C16H24FN3O4S. The summed E-state index contributed by atoms with van der Waals surface area (Å²) >= 11 is 0. The van der Waals surface area contributed by atoms with Crippen LogP contribution in [0, 0.1) is 5.82 Å². The van der Waals surface area contributed by atoms with Crippen LogP contribution in [0.4, 0.5) is 10.1 Å². The Morgan fingerprint density at radius 1 is 1.40 bits per heavy atom. The highest BCUT2D eigenvalue weighted by Crippen LogP contribution is 2.21. The summed E-state index contributed by atoms with van der Waals surface area (Å²) in [6.45, 7) is 6.70. The molecule has 0 bridgehead atoms. The molecule has 0 saturated carbocycles. The first kappa shape index (κ1) is 19.8. The standard InChI is InChI=1S/C16H24FN3O4S/c1-16(2,3)20-25(22,23)14-8-11(4-5-13(14)17)19-15(21)9-12-10-24-7-6-18-12/h4-5,8,12,18,20H,6-7,9-10H2,1-3H3,(H,19,21). The largest absolute Gasteiger partial charge is 0.378 e. The molecule has 0 aromatic heterocycles. The monoisotopic (exact) mass is 373 g/mol. The predicted molar refractivity (Wildman–Crippen MR) is 92.3 cm³/mol. The van der Waals surface area contributed by atoms with E-state index in [9.17, 15) is 17.6 Å². The Morgan fingerprint density at radius 2 is 2.12 bits per heavy atom. The van der Waals surface area contributed by atoms with Crippen LogP contribution in [0.1, 0.15) is 27.2 Å². The number of sulfonamides is 1. The van der Waals surface area contributed by atoms with Crippen molar-refractivity contribution in [3.63, 3.8) is 0 Å². The van der Waals surface area contributed by atoms with Crippen molar-refractivity contribution < 1.29 is 22.3 Å². The number of carbonyl (C=O) groups is 1. The summed E-state index contributed by atoms with van der Waals surface area (Å²) in [4.78, 5) is 11.6. The first-order valence-corrected chi connectivity index (χ1v) is 9.50. The summed E-state index contributed by atoms with van der Waals surface area (Å²) < 4.78 is 46.3. The van der Waals surface area contributed by atoms with Crippen molar-refractivity contribution in [2.75, 3.05) is 25.1 Å². The summed E-state index contributed by atoms with van der Waals surface area (Å²) in [7, 11) is -4.04. The molecule has 1 heterocycles. The Morgan fingerprint density at radius 3 is 2.72 bits per heavy atom. The number of carbonyl (C=O) groups excluding carboxylic acids is 1. The molecule has 1 fully saturated rings. The highest BCUT2D eigenvalue weighted by atomic mass is 32.2. The van der Waals surface area contributed by atoms with E-state index in [-0.39, 0.29) is 24.1 Å². The van der Waals surface area contributed by atoms with E-state index < -0.39 is 26.3 Å². The molecule has 25 heavy (non-hydrogen) atoms. The summed E-state index contributed by atoms with van der Waals surface area (Å²) in [6.07, 6.45) is 0.180. The van der Waals surface area contributed by atoms with Crippen LogP contribution in [-0.4, -0.2) is 45.7 Å². The van der Waals surface area contributed by atoms with Crippen molar-refractivity contribution >= 4 is 21.6 Å². The molecule has 1 amide bonds. The van der Waals surface area contributed by atoms with Gasteiger partial charge in [0.05, 0.1) is 13.2 Å². The van der Waals surface area contributed by atoms with Gasteiger partial charge in [-0.1, -0.05) is 0 Å². The number of halogens is 1. The van der Waals surface area contributed by atoms with Crippen molar-refractivity contribution in [1.29, 1.82) is 0 Å². The van der Waals surface area contributed by atoms with E-state index in [1.54, 1.807) is 20.8 Å². The fourth-order valence-electron chi connectivity index (χ4n) is 2.43. The SMILES string of the molecule is CC(C)(C)NS(=O)(=O)c1cc(NC(=O)CC2COCCN2)ccc1F. The van der Waals surface area contributed by atoms with Gasteiger partial charge in [0.1, 0.15) is 10.7 Å². The molecule has 1 unspecified atom stereocenters. The number of ether oxygens (including phenoxy) is 1. The lowest BCUT2D eigenvalue weighted by Gasteiger charge is -2.23. The Kier molecular flexibility index (Phi) is 6.15. The third-order valence-corrected chi connectivity index (χ3v) is 5.15. The number of morpholine rings is 1. The number of hydrogen-bond acceptors (Lipinski definition) is 5. The molecular weight excluding hydrogens is 349 g/mol. The van der Waals surface area contributed by atoms with Crippen LogP contribution < -0.4 is 15.4 Å². The van der Waals surface area contributed by atoms with Crippen LogP contribution in [0.5, 0.6) is 0 Å². The molecule has 1 aromatic rings. The summed E-state index contributed by atoms with van der Waals surface area (Å²) in [5.74, 6) is -1.18. The van der Waals surface area contributed by atoms with Crippen LogP contribution in [0.15, 0.2) is 23.1 Å². The van der Waals surface area contributed by atoms with Crippen molar-refractivity contribution in [2.24, 2.45) is 0 Å². The number of amides is 1. The molecule has 2 rings (SSSR count). The van der Waals surface area contributed by atoms with E-state index in [4.69, 9.17) is 4.74 Å². The van der Waals surface area contributed by atoms with E-state index in [0.717, 1.165) is 12.1 Å². The smallest absolute Gasteiger partial charge is 0.244 e. The molecule has 0 radical (unpaired) electrons. The van der Waals surface area contributed by atoms with Crippen molar-refractivity contribution in [2.45, 2.75) is 43.7 Å². The maximum Gasteiger partial charge on any atom is 0.244 e. The highest BCUT2D eigenvalue weighted by molar-refractivity contribution is 7.89. The van der Waals surface area contributed by atoms with Gasteiger partial charge in [-0.3, -0.25) is 4.79 Å². The van der Waals surface area contributed by atoms with Crippen LogP contribution in [0.3, 0.4) is 0 Å². The number of rotatable bonds is 5. The molecule has 9 heteroatoms. The van der Waals surface area contributed by atoms with Crippen LogP contribution >= 0.6 is 0 Å². The lowest BCUT2D eigenvalue weighted by Crippen LogP contribution is -2.43. The molecule has 140 valence electrons. The quantitative estimate of drug-likeness (QED) is 0.721. The number of anilines is 1. The Balaban J connectivity index is 2.11. The molecule has 1 aliphatic heterocycles. The van der Waals surface area contributed by atoms with Gasteiger partial charge in [-0.15, -0.1) is 0 Å². The molecule has 0 spiro atoms. The fraction of sp³-hybridized carbons (Fsp3) is 0.562. The van der Waals surface area contributed by atoms with Crippen molar-refractivity contribution in [1.82, 2.24) is 10.0 Å². The van der Waals surface area contributed by atoms with Gasteiger partial charge in [0, 0.05) is 30.2 Å². The lowest BCUT2D eigenvalue weighted by molar-refractivity contribution is -0.117. The molecule has 3 N–H and O–H groups in total. The zero-order chi connectivity index (χ0) is 18.7. The van der Waals surface area contributed by atoms with Gasteiger partial charge < -0.3 is 15.4 Å². The third kappa shape index (κ3) is 6.03. The van der Waals surface area contributed by atoms with E-state index >= 15 is 0 Å². The molecule has 1 atom stereocenters. The van der Waals surface area contributed by atoms with Gasteiger partial charge in [-0.2, -0.15) is 0 Å². The van der Waals surface area contributed by atoms with E-state index in [1.165, 1.54) is 6.07 Å². The van der Waals surface area contributed by atoms with Gasteiger partial charge in [0.2, 0.25) is 15.9 Å². The highest BCUT2D eigenvalue weighted by Gasteiger charge is 2.25. The predicted octanol–water partition coefficient (Wildman–Crippen LogP) is 1.22. The zero-order valence-electron chi connectivity index (χ0n) is 14.6. The van der Waals surface area contributed by atoms with Gasteiger partial charge in [0.15, 0.2) is 0 Å². The van der Waals surface area contributed by atoms with Crippen molar-refractivity contribution in [3.8, 4) is 0 Å². The molecule has 0 aliphatic carbocycles. The van der Waals surface area contributed by atoms with Crippen LogP contribution in [-0.2, 0) is 19.6 Å². The second-order valence-corrected chi connectivity index (χ2v) is 8.63. The van der Waals surface area contributed by atoms with Gasteiger partial charge in [-0.25, -0.2) is 17.5 Å². The number of nitrogens with one attached hydrogen (secondary N) is 3. The average Bonchev–Trinajstić information content (AvgIpc) is 2.47.